The Hall–Kier alpha value is -13.2. The average Bonchev–Trinajstić information content (AvgIpc) is 0.758. The summed E-state index contributed by atoms with van der Waals surface area (Å²) in [6, 6.07) is 43.0. The molecule has 3 aliphatic heterocycles. The van der Waals surface area contributed by atoms with Gasteiger partial charge in [0.1, 0.15) is 33.6 Å². The Morgan fingerprint density at radius 2 is 0.828 bits per heavy atom. The summed E-state index contributed by atoms with van der Waals surface area (Å²) in [6.45, 7) is 0. The molecular weight excluding hydrogens is 1240 g/mol. The highest BCUT2D eigenvalue weighted by molar-refractivity contribution is 6.37. The Labute approximate surface area is 521 Å². The molecule has 7 aromatic rings. The number of carboxylic acid groups (broad SMARTS) is 3. The number of carboxylic acids is 3. The van der Waals surface area contributed by atoms with Crippen molar-refractivity contribution in [1.82, 2.24) is 0 Å². The molecule has 0 spiro atoms. The van der Waals surface area contributed by atoms with Crippen LogP contribution in [-0.2, 0) is 28.8 Å². The van der Waals surface area contributed by atoms with E-state index in [4.69, 9.17) is 68.6 Å². The molecule has 3 aliphatic carbocycles. The standard InChI is InChI=1S/C24H14O5.C21H13ClO6.C20H10F2O5.3CO2/c25-15-9-10-18-20(11-15)29-21-12-19(26)16-3-1-2-4-17(16)23(21)22(18)13-5-7-14(8-6-13)24(27)28;1-27-16-9-14-17(10-2-4-11(5-3-10)21(25)26)13-7-6-12(23)8-15(13)28-20(14)18(22)19(16)24;21-14-8-13-16(9-1-3-10(4-2-9)20(25)26)12-6-5-11(23)7-15(12)27-19(13)17(22)18(14)24;3*2-1-3/h1-12,26H,(H,27,28);2-9,24H,1H3,(H,25,26);1-8,24H,(H,25,26);;;. The minimum Gasteiger partial charge on any atom is -0.507 e. The van der Waals surface area contributed by atoms with Gasteiger partial charge in [0.05, 0.1) is 23.8 Å². The fourth-order valence-corrected chi connectivity index (χ4v) is 10.2. The topological polar surface area (TPSA) is 375 Å². The fraction of sp³-hybridized carbons (Fsp3) is 0.0147. The van der Waals surface area contributed by atoms with Crippen molar-refractivity contribution in [3.8, 4) is 90.3 Å². The molecular formula is C68H37ClF2O22. The van der Waals surface area contributed by atoms with E-state index < -0.39 is 40.9 Å². The van der Waals surface area contributed by atoms with Gasteiger partial charge in [-0.15, -0.1) is 0 Å². The second kappa shape index (κ2) is 28.3. The van der Waals surface area contributed by atoms with E-state index in [1.165, 1.54) is 79.9 Å². The van der Waals surface area contributed by atoms with Crippen LogP contribution in [0.5, 0.6) is 23.0 Å². The lowest BCUT2D eigenvalue weighted by Gasteiger charge is -2.17. The lowest BCUT2D eigenvalue weighted by molar-refractivity contribution is -0.193. The van der Waals surface area contributed by atoms with Crippen LogP contribution in [0.3, 0.4) is 0 Å². The third kappa shape index (κ3) is 13.6. The van der Waals surface area contributed by atoms with Gasteiger partial charge in [-0.05, 0) is 107 Å². The maximum atomic E-state index is 14.4. The number of carbonyl (C=O) groups is 3. The number of hydrogen-bond acceptors (Lipinski definition) is 19. The third-order valence-corrected chi connectivity index (χ3v) is 14.2. The fourth-order valence-electron chi connectivity index (χ4n) is 9.99. The van der Waals surface area contributed by atoms with E-state index in [9.17, 15) is 58.0 Å². The second-order valence-corrected chi connectivity index (χ2v) is 19.5. The van der Waals surface area contributed by atoms with Crippen LogP contribution in [0.1, 0.15) is 31.1 Å². The van der Waals surface area contributed by atoms with Crippen molar-refractivity contribution in [3.63, 3.8) is 0 Å². The number of hydrogen-bond donors (Lipinski definition) is 6. The van der Waals surface area contributed by atoms with E-state index in [2.05, 4.69) is 0 Å². The molecule has 7 aromatic carbocycles. The molecule has 0 radical (unpaired) electrons. The van der Waals surface area contributed by atoms with E-state index >= 15 is 0 Å². The van der Waals surface area contributed by atoms with Crippen LogP contribution in [0.15, 0.2) is 197 Å². The van der Waals surface area contributed by atoms with Crippen LogP contribution >= 0.6 is 11.6 Å². The quantitative estimate of drug-likeness (QED) is 0.0637. The van der Waals surface area contributed by atoms with Crippen molar-refractivity contribution >= 4 is 91.6 Å². The normalized spacial score (nSPS) is 10.4. The summed E-state index contributed by atoms with van der Waals surface area (Å²) >= 11 is 6.30. The predicted octanol–water partition coefficient (Wildman–Crippen LogP) is 12.2. The van der Waals surface area contributed by atoms with Gasteiger partial charge in [-0.2, -0.15) is 33.2 Å². The number of carbonyl (C=O) groups excluding carboxylic acids is 6. The van der Waals surface area contributed by atoms with E-state index in [0.717, 1.165) is 39.6 Å². The van der Waals surface area contributed by atoms with Crippen LogP contribution < -0.4 is 21.0 Å². The third-order valence-electron chi connectivity index (χ3n) is 13.9. The van der Waals surface area contributed by atoms with Crippen molar-refractivity contribution in [2.45, 2.75) is 0 Å². The lowest BCUT2D eigenvalue weighted by Crippen LogP contribution is -2.01. The number of ether oxygens (including phenoxy) is 1. The molecule has 0 amide bonds. The minimum atomic E-state index is -1.29. The molecule has 462 valence electrons. The number of phenols is 3. The first kappa shape index (κ1) is 65.7. The van der Waals surface area contributed by atoms with Crippen molar-refractivity contribution in [2.24, 2.45) is 0 Å². The average molecular weight is 1280 g/mol. The molecule has 0 unspecified atom stereocenters. The summed E-state index contributed by atoms with van der Waals surface area (Å²) < 4.78 is 50.8. The highest BCUT2D eigenvalue weighted by Crippen LogP contribution is 2.49. The maximum absolute atomic E-state index is 14.4. The number of halogens is 3. The molecule has 0 atom stereocenters. The Kier molecular flexibility index (Phi) is 20.0. The zero-order chi connectivity index (χ0) is 67.5. The molecule has 0 saturated heterocycles. The molecule has 93 heavy (non-hydrogen) atoms. The molecule has 22 nitrogen and oxygen atoms in total. The van der Waals surface area contributed by atoms with Crippen molar-refractivity contribution in [3.05, 3.63) is 234 Å². The molecule has 0 saturated carbocycles. The first-order chi connectivity index (χ1) is 44.5. The first-order valence-corrected chi connectivity index (χ1v) is 26.6. The second-order valence-electron chi connectivity index (χ2n) is 19.1. The van der Waals surface area contributed by atoms with E-state index in [-0.39, 0.29) is 90.4 Å². The number of rotatable bonds is 7. The first-order valence-electron chi connectivity index (χ1n) is 26.2. The van der Waals surface area contributed by atoms with Gasteiger partial charge in [0.25, 0.3) is 0 Å². The highest BCUT2D eigenvalue weighted by atomic mass is 35.5. The van der Waals surface area contributed by atoms with Gasteiger partial charge in [-0.1, -0.05) is 72.3 Å². The summed E-state index contributed by atoms with van der Waals surface area (Å²) in [5.41, 5.74) is 5.37. The summed E-state index contributed by atoms with van der Waals surface area (Å²) in [6.07, 6.45) is 0.750. The van der Waals surface area contributed by atoms with E-state index in [1.807, 2.05) is 24.3 Å². The van der Waals surface area contributed by atoms with Gasteiger partial charge in [0.15, 0.2) is 50.5 Å². The molecule has 25 heteroatoms. The van der Waals surface area contributed by atoms with Crippen molar-refractivity contribution in [2.75, 3.05) is 7.11 Å². The van der Waals surface area contributed by atoms with Gasteiger partial charge < -0.3 is 48.6 Å². The number of aromatic carboxylic acids is 3. The van der Waals surface area contributed by atoms with Gasteiger partial charge in [0.2, 0.25) is 5.82 Å². The molecule has 0 bridgehead atoms. The van der Waals surface area contributed by atoms with Crippen LogP contribution in [-0.4, -0.2) is 74.1 Å². The van der Waals surface area contributed by atoms with Gasteiger partial charge >= 0.3 is 36.4 Å². The predicted molar refractivity (Wildman–Crippen MR) is 324 cm³/mol. The summed E-state index contributed by atoms with van der Waals surface area (Å²) in [5, 5.41) is 60.5. The Bertz CT molecular complexity index is 5240. The number of aromatic hydroxyl groups is 3. The van der Waals surface area contributed by atoms with Gasteiger partial charge in [0, 0.05) is 79.2 Å². The van der Waals surface area contributed by atoms with Crippen LogP contribution in [0.25, 0.3) is 111 Å². The monoisotopic (exact) mass is 1280 g/mol. The number of benzene rings is 10. The van der Waals surface area contributed by atoms with Crippen molar-refractivity contribution < 1.29 is 101 Å². The number of fused-ring (bicyclic) bond motifs is 8. The van der Waals surface area contributed by atoms with E-state index in [1.54, 1.807) is 60.7 Å². The minimum absolute atomic E-state index is 0.0389. The van der Waals surface area contributed by atoms with Crippen LogP contribution in [0, 0.1) is 11.6 Å². The van der Waals surface area contributed by atoms with Crippen LogP contribution in [0.2, 0.25) is 5.02 Å². The molecule has 6 aliphatic rings. The molecule has 0 fully saturated rings. The molecule has 13 rings (SSSR count). The van der Waals surface area contributed by atoms with Crippen LogP contribution in [0.4, 0.5) is 8.78 Å². The molecule has 0 aromatic heterocycles. The van der Waals surface area contributed by atoms with Crippen molar-refractivity contribution in [1.29, 1.82) is 0 Å². The largest absolute Gasteiger partial charge is 0.507 e. The Morgan fingerprint density at radius 3 is 1.25 bits per heavy atom. The molecule has 6 N–H and O–H groups in total. The lowest BCUT2D eigenvalue weighted by atomic mass is 9.90. The zero-order valence-electron chi connectivity index (χ0n) is 47.0. The van der Waals surface area contributed by atoms with E-state index in [0.29, 0.717) is 61.3 Å². The highest BCUT2D eigenvalue weighted by Gasteiger charge is 2.26. The molecule has 3 heterocycles. The summed E-state index contributed by atoms with van der Waals surface area (Å²) in [4.78, 5) is 118. The summed E-state index contributed by atoms with van der Waals surface area (Å²) in [5.74, 6) is -6.06. The summed E-state index contributed by atoms with van der Waals surface area (Å²) in [7, 11) is 1.40. The Morgan fingerprint density at radius 1 is 0.452 bits per heavy atom. The maximum Gasteiger partial charge on any atom is 0.373 e. The number of phenolic OH excluding ortho intramolecular Hbond substituents is 3. The smallest absolute Gasteiger partial charge is 0.373 e. The Balaban J connectivity index is 0.000000168. The zero-order valence-corrected chi connectivity index (χ0v) is 47.8. The SMILES string of the molecule is COc1cc2c(-c3ccc(C(=O)O)cc3)c3ccc(=O)cc-3oc2c(Cl)c1O.O=C(O)c1ccc(-c2c3ccc(=O)cc-3oc3c(F)c(O)c(F)cc23)cc1.O=C(O)c1ccc(-c2c3ccc(=O)cc-3oc3cc(O)c4ccccc4c23)cc1.O=C=O.O=C=O.O=C=O. The van der Waals surface area contributed by atoms with Gasteiger partial charge in [-0.3, -0.25) is 14.4 Å². The van der Waals surface area contributed by atoms with Gasteiger partial charge in [-0.25, -0.2) is 18.8 Å². The number of methoxy groups -OCH3 is 1.